The Bertz CT molecular complexity index is 454. The van der Waals surface area contributed by atoms with Crippen molar-refractivity contribution in [1.82, 2.24) is 0 Å². The molecule has 0 aromatic rings. The van der Waals surface area contributed by atoms with Gasteiger partial charge in [-0.3, -0.25) is 4.79 Å². The molecule has 0 radical (unpaired) electrons. The molecular weight excluding hydrogens is 272 g/mol. The number of hydrogen-bond acceptors (Lipinski definition) is 2. The molecule has 0 aliphatic heterocycles. The van der Waals surface area contributed by atoms with E-state index in [2.05, 4.69) is 32.1 Å². The standard InChI is InChI=1S/C20H32O2/c1-6-17(4)20(21)22-14-16(3)8-7-9-18(5)19-12-10-15(2)11-13-19/h8,10,12,17-18H,6-7,9,11,13-14H2,1-5H3/b16-8-/t17?,18-/m1/s1. The van der Waals surface area contributed by atoms with Crippen LogP contribution in [0, 0.1) is 11.8 Å². The number of rotatable bonds is 8. The molecule has 2 heteroatoms. The molecule has 0 bridgehead atoms. The highest BCUT2D eigenvalue weighted by Crippen LogP contribution is 2.27. The Morgan fingerprint density at radius 3 is 2.64 bits per heavy atom. The summed E-state index contributed by atoms with van der Waals surface area (Å²) in [4.78, 5) is 11.6. The highest BCUT2D eigenvalue weighted by Gasteiger charge is 2.12. The molecule has 0 N–H and O–H groups in total. The van der Waals surface area contributed by atoms with E-state index in [1.54, 1.807) is 5.57 Å². The molecule has 1 unspecified atom stereocenters. The molecule has 1 rings (SSSR count). The van der Waals surface area contributed by atoms with Crippen LogP contribution >= 0.6 is 0 Å². The van der Waals surface area contributed by atoms with Crippen LogP contribution in [0.25, 0.3) is 0 Å². The van der Waals surface area contributed by atoms with Gasteiger partial charge in [-0.1, -0.05) is 50.1 Å². The normalized spacial score (nSPS) is 18.3. The van der Waals surface area contributed by atoms with E-state index in [-0.39, 0.29) is 11.9 Å². The van der Waals surface area contributed by atoms with Gasteiger partial charge in [0.25, 0.3) is 0 Å². The third-order valence-corrected chi connectivity index (χ3v) is 4.57. The van der Waals surface area contributed by atoms with Crippen LogP contribution in [-0.4, -0.2) is 12.6 Å². The van der Waals surface area contributed by atoms with Gasteiger partial charge < -0.3 is 4.74 Å². The molecule has 0 aromatic heterocycles. The van der Waals surface area contributed by atoms with E-state index in [1.807, 2.05) is 20.8 Å². The van der Waals surface area contributed by atoms with Gasteiger partial charge in [-0.25, -0.2) is 0 Å². The molecule has 2 nitrogen and oxygen atoms in total. The maximum Gasteiger partial charge on any atom is 0.308 e. The Labute approximate surface area is 136 Å². The quantitative estimate of drug-likeness (QED) is 0.430. The zero-order valence-corrected chi connectivity index (χ0v) is 14.9. The van der Waals surface area contributed by atoms with Crippen molar-refractivity contribution in [2.75, 3.05) is 6.61 Å². The molecule has 22 heavy (non-hydrogen) atoms. The number of esters is 1. The van der Waals surface area contributed by atoms with Crippen LogP contribution in [0.5, 0.6) is 0 Å². The largest absolute Gasteiger partial charge is 0.461 e. The summed E-state index contributed by atoms with van der Waals surface area (Å²) in [7, 11) is 0. The smallest absolute Gasteiger partial charge is 0.308 e. The number of carbonyl (C=O) groups excluding carboxylic acids is 1. The molecule has 0 saturated heterocycles. The maximum absolute atomic E-state index is 11.6. The zero-order chi connectivity index (χ0) is 16.5. The van der Waals surface area contributed by atoms with Crippen molar-refractivity contribution in [3.8, 4) is 0 Å². The fourth-order valence-corrected chi connectivity index (χ4v) is 2.49. The lowest BCUT2D eigenvalue weighted by atomic mass is 9.88. The summed E-state index contributed by atoms with van der Waals surface area (Å²) in [6.45, 7) is 10.9. The second kappa shape index (κ2) is 9.66. The summed E-state index contributed by atoms with van der Waals surface area (Å²) >= 11 is 0. The second-order valence-corrected chi connectivity index (χ2v) is 6.70. The van der Waals surface area contributed by atoms with Crippen molar-refractivity contribution in [3.05, 3.63) is 34.9 Å². The van der Waals surface area contributed by atoms with E-state index >= 15 is 0 Å². The van der Waals surface area contributed by atoms with Crippen molar-refractivity contribution in [2.24, 2.45) is 11.8 Å². The minimum atomic E-state index is -0.0851. The van der Waals surface area contributed by atoms with Gasteiger partial charge in [0, 0.05) is 0 Å². The Morgan fingerprint density at radius 1 is 1.32 bits per heavy atom. The number of carbonyl (C=O) groups is 1. The summed E-state index contributed by atoms with van der Waals surface area (Å²) in [5, 5.41) is 0. The van der Waals surface area contributed by atoms with Crippen LogP contribution in [0.4, 0.5) is 0 Å². The van der Waals surface area contributed by atoms with Crippen LogP contribution < -0.4 is 0 Å². The second-order valence-electron chi connectivity index (χ2n) is 6.70. The molecule has 1 aliphatic rings. The van der Waals surface area contributed by atoms with Crippen LogP contribution in [0.1, 0.15) is 66.7 Å². The molecule has 0 amide bonds. The predicted molar refractivity (Wildman–Crippen MR) is 93.6 cm³/mol. The average molecular weight is 304 g/mol. The van der Waals surface area contributed by atoms with Crippen molar-refractivity contribution in [2.45, 2.75) is 66.7 Å². The van der Waals surface area contributed by atoms with E-state index < -0.39 is 0 Å². The van der Waals surface area contributed by atoms with Crippen LogP contribution in [0.15, 0.2) is 34.9 Å². The van der Waals surface area contributed by atoms with Gasteiger partial charge in [0.1, 0.15) is 6.61 Å². The Kier molecular flexibility index (Phi) is 8.22. The first-order chi connectivity index (χ1) is 10.4. The third kappa shape index (κ3) is 6.64. The lowest BCUT2D eigenvalue weighted by molar-refractivity contribution is -0.147. The molecule has 1 aliphatic carbocycles. The van der Waals surface area contributed by atoms with E-state index in [0.29, 0.717) is 12.5 Å². The molecule has 124 valence electrons. The zero-order valence-electron chi connectivity index (χ0n) is 14.9. The number of ether oxygens (including phenoxy) is 1. The fourth-order valence-electron chi connectivity index (χ4n) is 2.49. The molecule has 0 spiro atoms. The van der Waals surface area contributed by atoms with Crippen molar-refractivity contribution in [3.63, 3.8) is 0 Å². The van der Waals surface area contributed by atoms with Gasteiger partial charge in [-0.05, 0) is 57.4 Å². The summed E-state index contributed by atoms with van der Waals surface area (Å²) < 4.78 is 5.32. The predicted octanol–water partition coefficient (Wildman–Crippen LogP) is 5.60. The molecule has 2 atom stereocenters. The molecule has 0 heterocycles. The van der Waals surface area contributed by atoms with Gasteiger partial charge in [0.15, 0.2) is 0 Å². The summed E-state index contributed by atoms with van der Waals surface area (Å²) in [6.07, 6.45) is 12.2. The third-order valence-electron chi connectivity index (χ3n) is 4.57. The van der Waals surface area contributed by atoms with Crippen molar-refractivity contribution in [1.29, 1.82) is 0 Å². The Morgan fingerprint density at radius 2 is 2.05 bits per heavy atom. The summed E-state index contributed by atoms with van der Waals surface area (Å²) in [6, 6.07) is 0. The summed E-state index contributed by atoms with van der Waals surface area (Å²) in [5.74, 6) is 0.553. The minimum absolute atomic E-state index is 0.00238. The number of hydrogen-bond donors (Lipinski definition) is 0. The van der Waals surface area contributed by atoms with E-state index in [1.165, 1.54) is 18.4 Å². The fraction of sp³-hybridized carbons (Fsp3) is 0.650. The molecule has 0 saturated carbocycles. The summed E-state index contributed by atoms with van der Waals surface area (Å²) in [5.41, 5.74) is 4.20. The highest BCUT2D eigenvalue weighted by molar-refractivity contribution is 5.72. The molecule has 0 aromatic carbocycles. The van der Waals surface area contributed by atoms with Gasteiger partial charge in [0.05, 0.1) is 5.92 Å². The van der Waals surface area contributed by atoms with Gasteiger partial charge >= 0.3 is 5.97 Å². The van der Waals surface area contributed by atoms with Gasteiger partial charge in [-0.2, -0.15) is 0 Å². The van der Waals surface area contributed by atoms with Crippen LogP contribution in [0.3, 0.4) is 0 Å². The average Bonchev–Trinajstić information content (AvgIpc) is 2.52. The number of allylic oxidation sites excluding steroid dienone is 5. The van der Waals surface area contributed by atoms with Gasteiger partial charge in [-0.15, -0.1) is 0 Å². The minimum Gasteiger partial charge on any atom is -0.461 e. The lowest BCUT2D eigenvalue weighted by Crippen LogP contribution is -2.15. The molecule has 0 fully saturated rings. The Hall–Kier alpha value is -1.31. The molecular formula is C20H32O2. The SMILES string of the molecule is CCC(C)C(=O)OC/C(C)=C\CC[C@@H](C)C1=CC=C(C)CC1. The maximum atomic E-state index is 11.6. The lowest BCUT2D eigenvalue weighted by Gasteiger charge is -2.18. The van der Waals surface area contributed by atoms with E-state index in [0.717, 1.165) is 24.8 Å². The van der Waals surface area contributed by atoms with Crippen molar-refractivity contribution >= 4 is 5.97 Å². The monoisotopic (exact) mass is 304 g/mol. The Balaban J connectivity index is 2.31. The van der Waals surface area contributed by atoms with Gasteiger partial charge in [0.2, 0.25) is 0 Å². The van der Waals surface area contributed by atoms with E-state index in [4.69, 9.17) is 4.74 Å². The topological polar surface area (TPSA) is 26.3 Å². The van der Waals surface area contributed by atoms with E-state index in [9.17, 15) is 4.79 Å². The first-order valence-corrected chi connectivity index (χ1v) is 8.62. The highest BCUT2D eigenvalue weighted by atomic mass is 16.5. The van der Waals surface area contributed by atoms with Crippen LogP contribution in [0.2, 0.25) is 0 Å². The van der Waals surface area contributed by atoms with Crippen molar-refractivity contribution < 1.29 is 9.53 Å². The first kappa shape index (κ1) is 18.7. The van der Waals surface area contributed by atoms with Crippen LogP contribution in [-0.2, 0) is 9.53 Å². The first-order valence-electron chi connectivity index (χ1n) is 8.62.